The monoisotopic (exact) mass is 585 g/mol. The second kappa shape index (κ2) is 13.4. The Bertz CT molecular complexity index is 1400. The highest BCUT2D eigenvalue weighted by Crippen LogP contribution is 2.37. The lowest BCUT2D eigenvalue weighted by molar-refractivity contribution is 0.108. The molecule has 13 heteroatoms. The molecule has 0 unspecified atom stereocenters. The SMILES string of the molecule is CNC[C@@H](O)COc1ccc(Cl)c(-c2nc(-c3c(C)noc3C)c(C)c(N3CC(=N)/C(=C\NC(CO)CO)C3)n2)c1. The minimum Gasteiger partial charge on any atom is -0.491 e. The first kappa shape index (κ1) is 30.4. The van der Waals surface area contributed by atoms with Gasteiger partial charge in [-0.25, -0.2) is 9.97 Å². The summed E-state index contributed by atoms with van der Waals surface area (Å²) in [6.07, 6.45) is 0.978. The van der Waals surface area contributed by atoms with E-state index in [0.29, 0.717) is 76.0 Å². The minimum absolute atomic E-state index is 0.0959. The molecule has 0 aliphatic carbocycles. The van der Waals surface area contributed by atoms with Crippen LogP contribution in [0, 0.1) is 26.2 Å². The molecule has 0 radical (unpaired) electrons. The van der Waals surface area contributed by atoms with E-state index >= 15 is 0 Å². The number of anilines is 1. The second-order valence-electron chi connectivity index (χ2n) is 9.94. The normalized spacial score (nSPS) is 15.3. The lowest BCUT2D eigenvalue weighted by Gasteiger charge is -2.21. The standard InChI is InChI=1S/C28H36ClN7O5/c1-15-26(25-16(2)35-41-17(25)3)33-27(22-7-21(5-6-23(22)29)40-14-20(39)9-31-4)34-28(15)36-10-18(24(30)11-36)8-32-19(12-37)13-38/h5-8,19-20,30-32,37-39H,9-14H2,1-4H3/b18-8-,30-24?/t20-/m1/s1. The van der Waals surface area contributed by atoms with Crippen LogP contribution >= 0.6 is 11.6 Å². The van der Waals surface area contributed by atoms with Crippen LogP contribution in [0.2, 0.25) is 5.02 Å². The predicted molar refractivity (Wildman–Crippen MR) is 157 cm³/mol. The van der Waals surface area contributed by atoms with Gasteiger partial charge < -0.3 is 45.5 Å². The van der Waals surface area contributed by atoms with E-state index in [9.17, 15) is 15.3 Å². The van der Waals surface area contributed by atoms with Crippen molar-refractivity contribution in [2.45, 2.75) is 32.9 Å². The topological polar surface area (TPSA) is 173 Å². The molecule has 41 heavy (non-hydrogen) atoms. The molecule has 1 aliphatic rings. The molecule has 0 spiro atoms. The molecule has 3 heterocycles. The maximum atomic E-state index is 10.1. The maximum absolute atomic E-state index is 10.1. The Balaban J connectivity index is 1.77. The van der Waals surface area contributed by atoms with Crippen molar-refractivity contribution in [1.29, 1.82) is 5.41 Å². The number of aliphatic hydroxyl groups excluding tert-OH is 3. The molecule has 0 bridgehead atoms. The van der Waals surface area contributed by atoms with E-state index < -0.39 is 12.1 Å². The third-order valence-corrected chi connectivity index (χ3v) is 7.11. The molecule has 1 aromatic carbocycles. The predicted octanol–water partition coefficient (Wildman–Crippen LogP) is 2.00. The number of aromatic nitrogens is 3. The molecule has 2 aromatic heterocycles. The van der Waals surface area contributed by atoms with Crippen LogP contribution in [0.4, 0.5) is 5.82 Å². The highest BCUT2D eigenvalue weighted by atomic mass is 35.5. The van der Waals surface area contributed by atoms with E-state index in [1.165, 1.54) is 0 Å². The molecule has 1 atom stereocenters. The number of ether oxygens (including phenoxy) is 1. The van der Waals surface area contributed by atoms with E-state index in [1.807, 2.05) is 25.7 Å². The molecule has 6 N–H and O–H groups in total. The van der Waals surface area contributed by atoms with Crippen molar-refractivity contribution in [3.63, 3.8) is 0 Å². The fourth-order valence-electron chi connectivity index (χ4n) is 4.56. The van der Waals surface area contributed by atoms with Crippen molar-refractivity contribution < 1.29 is 24.6 Å². The third-order valence-electron chi connectivity index (χ3n) is 6.78. The number of halogens is 1. The maximum Gasteiger partial charge on any atom is 0.163 e. The first-order valence-electron chi connectivity index (χ1n) is 13.2. The number of hydrogen-bond donors (Lipinski definition) is 6. The van der Waals surface area contributed by atoms with Crippen LogP contribution < -0.4 is 20.3 Å². The zero-order valence-electron chi connectivity index (χ0n) is 23.5. The first-order valence-corrected chi connectivity index (χ1v) is 13.6. The van der Waals surface area contributed by atoms with Gasteiger partial charge in [0.15, 0.2) is 5.82 Å². The van der Waals surface area contributed by atoms with Gasteiger partial charge >= 0.3 is 0 Å². The van der Waals surface area contributed by atoms with Gasteiger partial charge in [0.2, 0.25) is 0 Å². The molecule has 0 saturated carbocycles. The van der Waals surface area contributed by atoms with Crippen LogP contribution in [0.1, 0.15) is 17.0 Å². The largest absolute Gasteiger partial charge is 0.491 e. The summed E-state index contributed by atoms with van der Waals surface area (Å²) >= 11 is 6.65. The average molecular weight is 586 g/mol. The van der Waals surface area contributed by atoms with Gasteiger partial charge in [0.05, 0.1) is 53.5 Å². The number of benzene rings is 1. The summed E-state index contributed by atoms with van der Waals surface area (Å²) in [6.45, 7) is 6.30. The number of hydrogen-bond acceptors (Lipinski definition) is 12. The first-order chi connectivity index (χ1) is 19.7. The van der Waals surface area contributed by atoms with E-state index in [-0.39, 0.29) is 19.8 Å². The number of aryl methyl sites for hydroxylation is 2. The van der Waals surface area contributed by atoms with Crippen molar-refractivity contribution in [1.82, 2.24) is 25.8 Å². The number of aliphatic hydroxyl groups is 3. The smallest absolute Gasteiger partial charge is 0.163 e. The molecule has 3 aromatic rings. The van der Waals surface area contributed by atoms with Gasteiger partial charge in [0.1, 0.15) is 30.0 Å². The lowest BCUT2D eigenvalue weighted by Crippen LogP contribution is -2.32. The number of nitrogens with one attached hydrogen (secondary N) is 3. The van der Waals surface area contributed by atoms with Gasteiger partial charge in [-0.05, 0) is 46.0 Å². The fourth-order valence-corrected chi connectivity index (χ4v) is 4.77. The van der Waals surface area contributed by atoms with Crippen molar-refractivity contribution in [3.8, 4) is 28.4 Å². The summed E-state index contributed by atoms with van der Waals surface area (Å²) in [5.74, 6) is 2.09. The van der Waals surface area contributed by atoms with Crippen molar-refractivity contribution in [2.24, 2.45) is 0 Å². The molecule has 1 saturated heterocycles. The molecule has 0 amide bonds. The van der Waals surface area contributed by atoms with Crippen LogP contribution in [-0.4, -0.2) is 94.8 Å². The van der Waals surface area contributed by atoms with Gasteiger partial charge in [-0.15, -0.1) is 0 Å². The molecule has 1 fully saturated rings. The molecular formula is C28H36ClN7O5. The molecule has 12 nitrogen and oxygen atoms in total. The Kier molecular flexibility index (Phi) is 9.94. The molecule has 4 rings (SSSR count). The van der Waals surface area contributed by atoms with Gasteiger partial charge in [-0.1, -0.05) is 16.8 Å². The third kappa shape index (κ3) is 6.85. The summed E-state index contributed by atoms with van der Waals surface area (Å²) in [4.78, 5) is 11.8. The van der Waals surface area contributed by atoms with Crippen molar-refractivity contribution in [2.75, 3.05) is 51.4 Å². The molecule has 220 valence electrons. The van der Waals surface area contributed by atoms with Crippen LogP contribution in [0.5, 0.6) is 5.75 Å². The van der Waals surface area contributed by atoms with Crippen LogP contribution in [0.3, 0.4) is 0 Å². The van der Waals surface area contributed by atoms with E-state index in [1.54, 1.807) is 31.4 Å². The molecule has 1 aliphatic heterocycles. The minimum atomic E-state index is -0.681. The Labute approximate surface area is 243 Å². The van der Waals surface area contributed by atoms with Gasteiger partial charge in [-0.2, -0.15) is 0 Å². The summed E-state index contributed by atoms with van der Waals surface area (Å²) < 4.78 is 11.3. The van der Waals surface area contributed by atoms with E-state index in [4.69, 9.17) is 36.2 Å². The van der Waals surface area contributed by atoms with Gasteiger partial charge in [-0.3, -0.25) is 0 Å². The van der Waals surface area contributed by atoms with Crippen molar-refractivity contribution in [3.05, 3.63) is 52.0 Å². The Morgan fingerprint density at radius 3 is 2.61 bits per heavy atom. The molecular weight excluding hydrogens is 550 g/mol. The summed E-state index contributed by atoms with van der Waals surface area (Å²) in [5, 5.41) is 47.8. The zero-order valence-corrected chi connectivity index (χ0v) is 24.3. The highest BCUT2D eigenvalue weighted by molar-refractivity contribution is 6.33. The van der Waals surface area contributed by atoms with E-state index in [2.05, 4.69) is 15.8 Å². The summed E-state index contributed by atoms with van der Waals surface area (Å²) in [5.41, 5.74) is 4.50. The van der Waals surface area contributed by atoms with Gasteiger partial charge in [0.25, 0.3) is 0 Å². The van der Waals surface area contributed by atoms with Gasteiger partial charge in [0, 0.05) is 36.0 Å². The number of likely N-dealkylation sites (N-methyl/N-ethyl adjacent to an activating group) is 1. The quantitative estimate of drug-likeness (QED) is 0.183. The Hall–Kier alpha value is -3.55. The number of nitrogens with zero attached hydrogens (tertiary/aromatic N) is 4. The highest BCUT2D eigenvalue weighted by Gasteiger charge is 2.29. The van der Waals surface area contributed by atoms with Crippen LogP contribution in [0.25, 0.3) is 22.6 Å². The van der Waals surface area contributed by atoms with Crippen LogP contribution in [0.15, 0.2) is 34.5 Å². The summed E-state index contributed by atoms with van der Waals surface area (Å²) in [7, 11) is 1.75. The zero-order chi connectivity index (χ0) is 29.7. The number of rotatable bonds is 12. The Morgan fingerprint density at radius 1 is 1.20 bits per heavy atom. The lowest BCUT2D eigenvalue weighted by atomic mass is 10.0. The van der Waals surface area contributed by atoms with Crippen molar-refractivity contribution >= 4 is 23.1 Å². The van der Waals surface area contributed by atoms with E-state index in [0.717, 1.165) is 11.1 Å². The average Bonchev–Trinajstić information content (AvgIpc) is 3.49. The second-order valence-corrected chi connectivity index (χ2v) is 10.3. The Morgan fingerprint density at radius 2 is 1.95 bits per heavy atom. The summed E-state index contributed by atoms with van der Waals surface area (Å²) in [6, 6.07) is 4.65. The fraction of sp³-hybridized carbons (Fsp3) is 0.429. The van der Waals surface area contributed by atoms with Crippen LogP contribution in [-0.2, 0) is 0 Å².